The smallest absolute Gasteiger partial charge is 0.425 e. The van der Waals surface area contributed by atoms with Gasteiger partial charge in [0.25, 0.3) is 0 Å². The molecular formula is C51H70N4O11. The Balaban J connectivity index is 1.34. The largest absolute Gasteiger partial charge is 0.458 e. The number of para-hydroxylation sites is 1. The van der Waals surface area contributed by atoms with Crippen molar-refractivity contribution in [2.75, 3.05) is 27.7 Å². The molecule has 6 rings (SSSR count). The van der Waals surface area contributed by atoms with Gasteiger partial charge in [-0.1, -0.05) is 64.1 Å². The number of hydrogen-bond acceptors (Lipinski definition) is 14. The Bertz CT molecular complexity index is 2180. The van der Waals surface area contributed by atoms with Gasteiger partial charge in [-0.2, -0.15) is 0 Å². The minimum absolute atomic E-state index is 0.0799. The molecular weight excluding hydrogens is 845 g/mol. The number of likely N-dealkylation sites (N-methyl/N-ethyl adjacent to an activating group) is 1. The van der Waals surface area contributed by atoms with E-state index in [0.717, 1.165) is 16.5 Å². The molecule has 1 amide bonds. The molecule has 1 aromatic heterocycles. The summed E-state index contributed by atoms with van der Waals surface area (Å²) in [5, 5.41) is 2.46. The van der Waals surface area contributed by atoms with Crippen LogP contribution in [0.25, 0.3) is 10.9 Å². The van der Waals surface area contributed by atoms with Gasteiger partial charge in [0.05, 0.1) is 34.9 Å². The molecule has 15 nitrogen and oxygen atoms in total. The zero-order valence-corrected chi connectivity index (χ0v) is 40.5. The van der Waals surface area contributed by atoms with E-state index in [4.69, 9.17) is 28.4 Å². The normalized spacial score (nSPS) is 33.6. The minimum atomic E-state index is -1.48. The fraction of sp³-hybridized carbons (Fsp3) is 0.608. The number of ketones is 2. The number of nitrogens with zero attached hydrogens (tertiary/aromatic N) is 3. The van der Waals surface area contributed by atoms with E-state index in [2.05, 4.69) is 10.4 Å². The van der Waals surface area contributed by atoms with Crippen molar-refractivity contribution >= 4 is 40.5 Å². The topological polar surface area (TPSA) is 172 Å². The number of aryl methyl sites for hydroxylation is 1. The maximum Gasteiger partial charge on any atom is 0.425 e. The van der Waals surface area contributed by atoms with E-state index >= 15 is 4.79 Å². The van der Waals surface area contributed by atoms with Gasteiger partial charge in [-0.3, -0.25) is 19.4 Å². The van der Waals surface area contributed by atoms with E-state index in [-0.39, 0.29) is 30.8 Å². The summed E-state index contributed by atoms with van der Waals surface area (Å²) >= 11 is 0. The third-order valence-corrected chi connectivity index (χ3v) is 14.2. The minimum Gasteiger partial charge on any atom is -0.458 e. The number of ether oxygens (including phenoxy) is 6. The summed E-state index contributed by atoms with van der Waals surface area (Å²) in [6.07, 6.45) is -1.01. The van der Waals surface area contributed by atoms with E-state index in [9.17, 15) is 19.2 Å². The van der Waals surface area contributed by atoms with Gasteiger partial charge in [-0.15, -0.1) is 0 Å². The van der Waals surface area contributed by atoms with E-state index in [0.29, 0.717) is 37.8 Å². The Morgan fingerprint density at radius 2 is 1.64 bits per heavy atom. The zero-order chi connectivity index (χ0) is 48.1. The lowest BCUT2D eigenvalue weighted by Gasteiger charge is -2.48. The Labute approximate surface area is 389 Å². The van der Waals surface area contributed by atoms with Crippen molar-refractivity contribution in [3.63, 3.8) is 0 Å². The average Bonchev–Trinajstić information content (AvgIpc) is 3.56. The monoisotopic (exact) mass is 915 g/mol. The number of rotatable bonds is 13. The summed E-state index contributed by atoms with van der Waals surface area (Å²) in [6, 6.07) is 17.3. The fourth-order valence-corrected chi connectivity index (χ4v) is 10.5. The van der Waals surface area contributed by atoms with Crippen LogP contribution in [0, 0.1) is 23.7 Å². The maximum absolute atomic E-state index is 15.2. The van der Waals surface area contributed by atoms with Crippen molar-refractivity contribution in [2.45, 2.75) is 148 Å². The van der Waals surface area contributed by atoms with Crippen LogP contribution in [0.15, 0.2) is 66.9 Å². The molecule has 13 atom stereocenters. The Morgan fingerprint density at radius 1 is 0.939 bits per heavy atom. The lowest BCUT2D eigenvalue weighted by molar-refractivity contribution is -0.294. The second-order valence-electron chi connectivity index (χ2n) is 19.0. The van der Waals surface area contributed by atoms with E-state index < -0.39 is 89.3 Å². The van der Waals surface area contributed by atoms with E-state index in [1.54, 1.807) is 51.2 Å². The second kappa shape index (κ2) is 21.4. The van der Waals surface area contributed by atoms with Crippen molar-refractivity contribution in [1.29, 1.82) is 0 Å². The van der Waals surface area contributed by atoms with E-state index in [1.165, 1.54) is 19.0 Å². The SMILES string of the molecule is CCC1C(=O)[C@H](C)C[C@](C)(OC)[C@H](OC2O[C@H](C)C[C@H](N(C)C)[C@H]2OC(=O)c2ccccc2)[C@@H](C)C(=O)[C@@H](C)C(=O)O[C@H](CC)[C@@]2(C)OC(=O)N(NCCCc3ccnc4ccccc34)[C@H]12. The van der Waals surface area contributed by atoms with Gasteiger partial charge < -0.3 is 33.3 Å². The number of pyridine rings is 1. The molecule has 1 N–H and O–H groups in total. The molecule has 3 aliphatic heterocycles. The second-order valence-corrected chi connectivity index (χ2v) is 19.0. The summed E-state index contributed by atoms with van der Waals surface area (Å²) in [4.78, 5) is 78.3. The van der Waals surface area contributed by atoms with Crippen LogP contribution in [0.4, 0.5) is 4.79 Å². The highest BCUT2D eigenvalue weighted by Gasteiger charge is 2.61. The third-order valence-electron chi connectivity index (χ3n) is 14.2. The number of benzene rings is 2. The number of carbonyl (C=O) groups is 5. The lowest BCUT2D eigenvalue weighted by Crippen LogP contribution is -2.62. The number of fused-ring (bicyclic) bond motifs is 2. The number of Topliss-reactive ketones (excluding diaryl/α,β-unsaturated/α-hetero) is 2. The molecule has 4 heterocycles. The van der Waals surface area contributed by atoms with Gasteiger partial charge in [0.2, 0.25) is 0 Å². The summed E-state index contributed by atoms with van der Waals surface area (Å²) in [7, 11) is 5.27. The predicted octanol–water partition coefficient (Wildman–Crippen LogP) is 7.13. The van der Waals surface area contributed by atoms with Crippen molar-refractivity contribution in [2.24, 2.45) is 23.7 Å². The number of nitrogens with one attached hydrogen (secondary N) is 1. The molecule has 3 fully saturated rings. The first-order chi connectivity index (χ1) is 31.4. The molecule has 0 radical (unpaired) electrons. The van der Waals surface area contributed by atoms with Crippen LogP contribution in [0.5, 0.6) is 0 Å². The Kier molecular flexibility index (Phi) is 16.4. The molecule has 2 aromatic carbocycles. The number of methoxy groups -OCH3 is 1. The van der Waals surface area contributed by atoms with Crippen LogP contribution in [0.1, 0.15) is 103 Å². The molecule has 15 heteroatoms. The third kappa shape index (κ3) is 10.5. The van der Waals surface area contributed by atoms with Gasteiger partial charge in [0.1, 0.15) is 23.8 Å². The molecule has 3 aromatic rings. The number of amides is 1. The summed E-state index contributed by atoms with van der Waals surface area (Å²) in [6.45, 7) is 14.4. The van der Waals surface area contributed by atoms with Crippen molar-refractivity contribution in [3.8, 4) is 0 Å². The first-order valence-corrected chi connectivity index (χ1v) is 23.5. The number of carbonyl (C=O) groups excluding carboxylic acids is 5. The highest BCUT2D eigenvalue weighted by atomic mass is 16.7. The molecule has 0 bridgehead atoms. The maximum atomic E-state index is 15.2. The highest BCUT2D eigenvalue weighted by molar-refractivity contribution is 6.00. The van der Waals surface area contributed by atoms with Crippen molar-refractivity contribution < 1.29 is 52.4 Å². The molecule has 360 valence electrons. The van der Waals surface area contributed by atoms with Gasteiger partial charge in [-0.05, 0) is 110 Å². The van der Waals surface area contributed by atoms with Crippen LogP contribution in [0.2, 0.25) is 0 Å². The van der Waals surface area contributed by atoms with Gasteiger partial charge in [-0.25, -0.2) is 20.0 Å². The molecule has 0 saturated carbocycles. The van der Waals surface area contributed by atoms with Crippen molar-refractivity contribution in [3.05, 3.63) is 78.0 Å². The zero-order valence-electron chi connectivity index (χ0n) is 40.5. The first-order valence-electron chi connectivity index (χ1n) is 23.5. The van der Waals surface area contributed by atoms with Gasteiger partial charge in [0, 0.05) is 43.0 Å². The molecule has 0 aliphatic carbocycles. The van der Waals surface area contributed by atoms with Gasteiger partial charge in [0.15, 0.2) is 23.8 Å². The van der Waals surface area contributed by atoms with E-state index in [1.807, 2.05) is 83.1 Å². The summed E-state index contributed by atoms with van der Waals surface area (Å²) in [5.74, 6) is -5.83. The highest BCUT2D eigenvalue weighted by Crippen LogP contribution is 2.43. The van der Waals surface area contributed by atoms with Crippen LogP contribution < -0.4 is 5.43 Å². The fourth-order valence-electron chi connectivity index (χ4n) is 10.5. The van der Waals surface area contributed by atoms with Gasteiger partial charge >= 0.3 is 18.0 Å². The summed E-state index contributed by atoms with van der Waals surface area (Å²) < 4.78 is 38.4. The molecule has 3 aliphatic rings. The van der Waals surface area contributed by atoms with Crippen molar-refractivity contribution in [1.82, 2.24) is 20.3 Å². The average molecular weight is 915 g/mol. The number of cyclic esters (lactones) is 1. The van der Waals surface area contributed by atoms with Crippen LogP contribution in [0.3, 0.4) is 0 Å². The van der Waals surface area contributed by atoms with Crippen LogP contribution >= 0.6 is 0 Å². The molecule has 2 unspecified atom stereocenters. The lowest BCUT2D eigenvalue weighted by atomic mass is 9.72. The molecule has 3 saturated heterocycles. The number of hydrogen-bond donors (Lipinski definition) is 1. The Hall–Kier alpha value is -4.80. The predicted molar refractivity (Wildman–Crippen MR) is 247 cm³/mol. The Morgan fingerprint density at radius 3 is 2.30 bits per heavy atom. The quantitative estimate of drug-likeness (QED) is 0.0795. The standard InChI is InChI=1S/C51H70N4O11/c1-12-36-41(56)30(3)29-50(7,61-11)45(65-48-43(39(54(9)10)28-31(4)62-48)64-47(59)35-20-15-14-16-21-35)32(5)42(57)33(6)46(58)63-40(13-2)51(8)44(36)55(49(60)66-51)53-26-19-22-34-25-27-52-38-24-18-17-23-37(34)38/h14-18,20-21,23-25,27,30-33,36,39-40,43-45,48,53H,12-13,19,22,26,28-29H2,1-11H3/t30-,31-,32+,33-,36?,39+,40-,43-,44-,45-,48?,50+,51-/m1/s1. The van der Waals surface area contributed by atoms with Crippen LogP contribution in [-0.2, 0) is 49.2 Å². The number of esters is 2. The number of aromatic nitrogens is 1. The number of hydrazine groups is 1. The van der Waals surface area contributed by atoms with Crippen LogP contribution in [-0.4, -0.2) is 126 Å². The summed E-state index contributed by atoms with van der Waals surface area (Å²) in [5.41, 5.74) is 2.84. The molecule has 66 heavy (non-hydrogen) atoms. The molecule has 0 spiro atoms. The first kappa shape index (κ1) is 50.6.